The van der Waals surface area contributed by atoms with Gasteiger partial charge in [0.05, 0.1) is 4.47 Å². The van der Waals surface area contributed by atoms with Crippen LogP contribution < -0.4 is 5.32 Å². The van der Waals surface area contributed by atoms with Crippen molar-refractivity contribution in [2.24, 2.45) is 0 Å². The van der Waals surface area contributed by atoms with E-state index < -0.39 is 24.5 Å². The fourth-order valence-electron chi connectivity index (χ4n) is 1.74. The Labute approximate surface area is 118 Å². The number of alkyl halides is 3. The molecule has 1 aromatic carbocycles. The smallest absolute Gasteiger partial charge is 0.310 e. The zero-order valence-corrected chi connectivity index (χ0v) is 12.1. The number of benzene rings is 1. The van der Waals surface area contributed by atoms with Crippen LogP contribution in [0.15, 0.2) is 22.7 Å². The van der Waals surface area contributed by atoms with Crippen molar-refractivity contribution in [3.05, 3.63) is 34.1 Å². The van der Waals surface area contributed by atoms with Crippen LogP contribution in [0.25, 0.3) is 0 Å². The van der Waals surface area contributed by atoms with E-state index >= 15 is 0 Å². The van der Waals surface area contributed by atoms with E-state index in [9.17, 15) is 17.6 Å². The zero-order chi connectivity index (χ0) is 14.5. The second-order valence-corrected chi connectivity index (χ2v) is 5.19. The van der Waals surface area contributed by atoms with Gasteiger partial charge in [0.15, 0.2) is 0 Å². The number of halogens is 5. The Balaban J connectivity index is 2.79. The molecule has 1 rings (SSSR count). The summed E-state index contributed by atoms with van der Waals surface area (Å²) in [6.07, 6.45) is -4.36. The lowest BCUT2D eigenvalue weighted by Crippen LogP contribution is -2.24. The number of nitrogens with one attached hydrogen (secondary N) is 1. The first-order chi connectivity index (χ1) is 8.83. The van der Waals surface area contributed by atoms with Gasteiger partial charge in [-0.25, -0.2) is 4.39 Å². The Morgan fingerprint density at radius 3 is 2.53 bits per heavy atom. The molecule has 0 amide bonds. The lowest BCUT2D eigenvalue weighted by Gasteiger charge is -2.20. The van der Waals surface area contributed by atoms with Crippen molar-refractivity contribution >= 4 is 15.9 Å². The van der Waals surface area contributed by atoms with Crippen molar-refractivity contribution in [2.45, 2.75) is 38.4 Å². The molecule has 1 unspecified atom stereocenters. The third-order valence-corrected chi connectivity index (χ3v) is 3.35. The van der Waals surface area contributed by atoms with Crippen LogP contribution in [0, 0.1) is 5.82 Å². The van der Waals surface area contributed by atoms with Crippen LogP contribution in [-0.2, 0) is 0 Å². The first kappa shape index (κ1) is 16.4. The minimum absolute atomic E-state index is 0.0927. The van der Waals surface area contributed by atoms with Crippen molar-refractivity contribution in [3.63, 3.8) is 0 Å². The number of hydrogen-bond acceptors (Lipinski definition) is 1. The third kappa shape index (κ3) is 5.91. The zero-order valence-electron chi connectivity index (χ0n) is 10.5. The minimum Gasteiger partial charge on any atom is -0.310 e. The Hall–Kier alpha value is -0.620. The normalized spacial score (nSPS) is 13.6. The average molecular weight is 342 g/mol. The lowest BCUT2D eigenvalue weighted by molar-refractivity contribution is -0.136. The molecule has 1 N–H and O–H groups in total. The molecule has 108 valence electrons. The van der Waals surface area contributed by atoms with Gasteiger partial charge in [0.25, 0.3) is 0 Å². The largest absolute Gasteiger partial charge is 0.389 e. The van der Waals surface area contributed by atoms with Crippen LogP contribution >= 0.6 is 15.9 Å². The highest BCUT2D eigenvalue weighted by Crippen LogP contribution is 2.29. The fourth-order valence-corrected chi connectivity index (χ4v) is 1.99. The van der Waals surface area contributed by atoms with E-state index in [1.165, 1.54) is 12.1 Å². The molecule has 6 heteroatoms. The van der Waals surface area contributed by atoms with Gasteiger partial charge in [0, 0.05) is 12.5 Å². The van der Waals surface area contributed by atoms with Crippen LogP contribution in [-0.4, -0.2) is 12.7 Å². The molecule has 0 saturated carbocycles. The van der Waals surface area contributed by atoms with E-state index in [0.717, 1.165) is 6.42 Å². The maximum absolute atomic E-state index is 13.4. The number of rotatable bonds is 6. The summed E-state index contributed by atoms with van der Waals surface area (Å²) in [5.41, 5.74) is 0.540. The summed E-state index contributed by atoms with van der Waals surface area (Å²) >= 11 is 3.03. The Bertz CT molecular complexity index is 406. The van der Waals surface area contributed by atoms with E-state index in [4.69, 9.17) is 0 Å². The van der Waals surface area contributed by atoms with Crippen molar-refractivity contribution in [1.82, 2.24) is 5.32 Å². The fraction of sp³-hybridized carbons (Fsp3) is 0.538. The highest BCUT2D eigenvalue weighted by molar-refractivity contribution is 9.10. The molecule has 1 nitrogen and oxygen atoms in total. The van der Waals surface area contributed by atoms with Crippen LogP contribution in [0.4, 0.5) is 17.6 Å². The molecule has 0 aliphatic carbocycles. The molecule has 0 heterocycles. The van der Waals surface area contributed by atoms with E-state index in [2.05, 4.69) is 21.2 Å². The molecule has 1 atom stereocenters. The standard InChI is InChI=1S/C13H16BrF4N/c1-2-7-19-12(5-6-13(16,17)18)9-3-4-10(14)11(15)8-9/h3-4,8,12,19H,2,5-7H2,1H3. The topological polar surface area (TPSA) is 12.0 Å². The van der Waals surface area contributed by atoms with Crippen LogP contribution in [0.3, 0.4) is 0 Å². The molecule has 0 saturated heterocycles. The molecule has 0 radical (unpaired) electrons. The minimum atomic E-state index is -4.19. The second kappa shape index (κ2) is 7.24. The summed E-state index contributed by atoms with van der Waals surface area (Å²) in [6, 6.07) is 3.94. The van der Waals surface area contributed by atoms with E-state index in [1.807, 2.05) is 6.92 Å². The maximum atomic E-state index is 13.4. The Morgan fingerprint density at radius 1 is 1.32 bits per heavy atom. The van der Waals surface area contributed by atoms with Crippen molar-refractivity contribution in [2.75, 3.05) is 6.54 Å². The second-order valence-electron chi connectivity index (χ2n) is 4.33. The summed E-state index contributed by atoms with van der Waals surface area (Å²) in [5.74, 6) is -0.465. The molecule has 0 aliphatic rings. The van der Waals surface area contributed by atoms with Gasteiger partial charge in [-0.15, -0.1) is 0 Å². The molecule has 0 aliphatic heterocycles. The monoisotopic (exact) mass is 341 g/mol. The van der Waals surface area contributed by atoms with Gasteiger partial charge >= 0.3 is 6.18 Å². The summed E-state index contributed by atoms with van der Waals surface area (Å²) in [4.78, 5) is 0. The summed E-state index contributed by atoms with van der Waals surface area (Å²) in [7, 11) is 0. The van der Waals surface area contributed by atoms with Crippen LogP contribution in [0.5, 0.6) is 0 Å². The van der Waals surface area contributed by atoms with Gasteiger partial charge < -0.3 is 5.32 Å². The first-order valence-electron chi connectivity index (χ1n) is 6.08. The highest BCUT2D eigenvalue weighted by atomic mass is 79.9. The summed E-state index contributed by atoms with van der Waals surface area (Å²) in [6.45, 7) is 2.52. The molecule has 0 aromatic heterocycles. The van der Waals surface area contributed by atoms with Crippen LogP contribution in [0.1, 0.15) is 37.8 Å². The van der Waals surface area contributed by atoms with Crippen LogP contribution in [0.2, 0.25) is 0 Å². The van der Waals surface area contributed by atoms with Gasteiger partial charge in [-0.1, -0.05) is 13.0 Å². The molecular formula is C13H16BrF4N. The van der Waals surface area contributed by atoms with Crippen molar-refractivity contribution < 1.29 is 17.6 Å². The summed E-state index contributed by atoms with van der Waals surface area (Å²) < 4.78 is 50.6. The van der Waals surface area contributed by atoms with E-state index in [0.29, 0.717) is 16.6 Å². The molecule has 0 spiro atoms. The Kier molecular flexibility index (Phi) is 6.26. The quantitative estimate of drug-likeness (QED) is 0.720. The SMILES string of the molecule is CCCNC(CCC(F)(F)F)c1ccc(Br)c(F)c1. The molecular weight excluding hydrogens is 326 g/mol. The van der Waals surface area contributed by atoms with Crippen molar-refractivity contribution in [1.29, 1.82) is 0 Å². The highest BCUT2D eigenvalue weighted by Gasteiger charge is 2.28. The predicted octanol–water partition coefficient (Wildman–Crippen LogP) is 4.97. The van der Waals surface area contributed by atoms with E-state index in [1.54, 1.807) is 6.07 Å². The lowest BCUT2D eigenvalue weighted by atomic mass is 10.0. The maximum Gasteiger partial charge on any atom is 0.389 e. The molecule has 0 fully saturated rings. The average Bonchev–Trinajstić information content (AvgIpc) is 2.32. The molecule has 0 bridgehead atoms. The molecule has 19 heavy (non-hydrogen) atoms. The Morgan fingerprint density at radius 2 is 2.00 bits per heavy atom. The summed E-state index contributed by atoms with van der Waals surface area (Å²) in [5, 5.41) is 3.02. The van der Waals surface area contributed by atoms with Gasteiger partial charge in [-0.3, -0.25) is 0 Å². The first-order valence-corrected chi connectivity index (χ1v) is 6.88. The van der Waals surface area contributed by atoms with Gasteiger partial charge in [-0.2, -0.15) is 13.2 Å². The van der Waals surface area contributed by atoms with E-state index in [-0.39, 0.29) is 6.42 Å². The van der Waals surface area contributed by atoms with Crippen molar-refractivity contribution in [3.8, 4) is 0 Å². The van der Waals surface area contributed by atoms with Gasteiger partial charge in [0.1, 0.15) is 5.82 Å². The molecule has 1 aromatic rings. The number of hydrogen-bond donors (Lipinski definition) is 1. The van der Waals surface area contributed by atoms with Gasteiger partial charge in [-0.05, 0) is 53.0 Å². The third-order valence-electron chi connectivity index (χ3n) is 2.70. The predicted molar refractivity (Wildman–Crippen MR) is 70.4 cm³/mol. The van der Waals surface area contributed by atoms with Gasteiger partial charge in [0.2, 0.25) is 0 Å².